The number of nitrogens with zero attached hydrogens (tertiary/aromatic N) is 4. The van der Waals surface area contributed by atoms with Crippen molar-refractivity contribution < 1.29 is 27.3 Å². The zero-order chi connectivity index (χ0) is 18.0. The van der Waals surface area contributed by atoms with Crippen LogP contribution >= 0.6 is 0 Å². The summed E-state index contributed by atoms with van der Waals surface area (Å²) in [5, 5.41) is 38.1. The summed E-state index contributed by atoms with van der Waals surface area (Å²) in [5.74, 6) is 0.0375. The van der Waals surface area contributed by atoms with E-state index >= 15 is 0 Å². The van der Waals surface area contributed by atoms with E-state index in [0.717, 1.165) is 21.9 Å². The van der Waals surface area contributed by atoms with Crippen molar-refractivity contribution in [3.63, 3.8) is 0 Å². The van der Waals surface area contributed by atoms with Gasteiger partial charge in [-0.1, -0.05) is 18.2 Å². The van der Waals surface area contributed by atoms with Gasteiger partial charge in [0, 0.05) is 35.6 Å². The molecule has 7 heteroatoms. The summed E-state index contributed by atoms with van der Waals surface area (Å²) in [6.07, 6.45) is 0. The third-order valence-corrected chi connectivity index (χ3v) is 3.94. The largest absolute Gasteiger partial charge is 0.506 e. The Hall–Kier alpha value is -2.76. The van der Waals surface area contributed by atoms with E-state index in [4.69, 9.17) is 0 Å². The van der Waals surface area contributed by atoms with E-state index in [1.807, 2.05) is 38.1 Å². The molecular weight excluding hydrogens is 380 g/mol. The molecule has 0 aliphatic carbocycles. The first-order valence-electron chi connectivity index (χ1n) is 7.77. The van der Waals surface area contributed by atoms with Crippen molar-refractivity contribution in [2.75, 3.05) is 7.05 Å². The van der Waals surface area contributed by atoms with E-state index in [0.29, 0.717) is 17.1 Å². The van der Waals surface area contributed by atoms with Gasteiger partial charge in [0.15, 0.2) is 5.75 Å². The topological polar surface area (TPSA) is 89.9 Å². The van der Waals surface area contributed by atoms with Gasteiger partial charge in [-0.15, -0.1) is 10.2 Å². The van der Waals surface area contributed by atoms with Crippen LogP contribution in [0, 0.1) is 13.8 Å². The molecule has 0 saturated carbocycles. The molecule has 0 aromatic heterocycles. The zero-order valence-corrected chi connectivity index (χ0v) is 15.5. The number of phenols is 2. The smallest absolute Gasteiger partial charge is 0.151 e. The summed E-state index contributed by atoms with van der Waals surface area (Å²) in [6.45, 7) is 3.80. The van der Waals surface area contributed by atoms with Crippen molar-refractivity contribution >= 4 is 27.8 Å². The summed E-state index contributed by atoms with van der Waals surface area (Å²) in [5.41, 5.74) is 2.97. The minimum atomic E-state index is -0.0530. The molecule has 3 aromatic rings. The van der Waals surface area contributed by atoms with Crippen molar-refractivity contribution in [3.8, 4) is 11.5 Å². The summed E-state index contributed by atoms with van der Waals surface area (Å²) >= 11 is 0. The number of benzene rings is 3. The monoisotopic (exact) mass is 397 g/mol. The Morgan fingerprint density at radius 1 is 0.846 bits per heavy atom. The van der Waals surface area contributed by atoms with Crippen LogP contribution in [0.4, 0.5) is 17.1 Å². The minimum absolute atomic E-state index is 0. The van der Waals surface area contributed by atoms with Crippen LogP contribution < -0.4 is 0 Å². The van der Waals surface area contributed by atoms with Gasteiger partial charge in [-0.05, 0) is 48.6 Å². The number of phenolic OH excluding ortho intramolecular Hbond substituents is 2. The average molecular weight is 398 g/mol. The Morgan fingerprint density at radius 3 is 2.31 bits per heavy atom. The number of hydrogen-bond donors (Lipinski definition) is 2. The molecule has 3 aromatic carbocycles. The molecule has 26 heavy (non-hydrogen) atoms. The second-order valence-electron chi connectivity index (χ2n) is 5.74. The van der Waals surface area contributed by atoms with Gasteiger partial charge < -0.3 is 10.2 Å². The second kappa shape index (κ2) is 8.08. The Labute approximate surface area is 161 Å². The molecular formula is C19H18CuN4O2. The van der Waals surface area contributed by atoms with Crippen LogP contribution in [0.15, 0.2) is 62.9 Å². The van der Waals surface area contributed by atoms with Crippen molar-refractivity contribution in [2.24, 2.45) is 20.5 Å². The van der Waals surface area contributed by atoms with Crippen LogP contribution in [0.5, 0.6) is 11.5 Å². The van der Waals surface area contributed by atoms with Gasteiger partial charge in [0.1, 0.15) is 17.1 Å². The van der Waals surface area contributed by atoms with Gasteiger partial charge in [0.25, 0.3) is 0 Å². The Balaban J connectivity index is 0.00000243. The molecule has 137 valence electrons. The zero-order valence-electron chi connectivity index (χ0n) is 14.5. The predicted molar refractivity (Wildman–Crippen MR) is 97.8 cm³/mol. The van der Waals surface area contributed by atoms with Gasteiger partial charge in [-0.2, -0.15) is 10.2 Å². The van der Waals surface area contributed by atoms with E-state index in [2.05, 4.69) is 20.5 Å². The fourth-order valence-corrected chi connectivity index (χ4v) is 2.75. The van der Waals surface area contributed by atoms with E-state index in [1.165, 1.54) is 6.07 Å². The fraction of sp³-hybridized carbons (Fsp3) is 0.158. The third-order valence-electron chi connectivity index (χ3n) is 3.94. The molecule has 0 unspecified atom stereocenters. The molecule has 0 aliphatic rings. The first kappa shape index (κ1) is 19.6. The molecule has 0 aliphatic heterocycles. The van der Waals surface area contributed by atoms with Gasteiger partial charge in [-0.25, -0.2) is 0 Å². The number of azo groups is 2. The SMILES string of the molecule is CN=Nc1ccc(N=Nc2c(C)cc3cccc(C)c3c2O)c(O)c1.[Cu]. The van der Waals surface area contributed by atoms with Gasteiger partial charge in [0.2, 0.25) is 0 Å². The molecule has 0 bridgehead atoms. The van der Waals surface area contributed by atoms with Crippen molar-refractivity contribution in [1.29, 1.82) is 0 Å². The normalized spacial score (nSPS) is 11.3. The maximum Gasteiger partial charge on any atom is 0.151 e. The standard InChI is InChI=1S/C19H18N4O2.Cu/c1-11-5-4-6-13-9-12(2)18(19(25)17(11)13)23-22-15-8-7-14(21-20-3)10-16(15)24;/h4-10,24-25H,1-3H3;. The Bertz CT molecular complexity index is 1020. The maximum atomic E-state index is 10.6. The number of aromatic hydroxyl groups is 2. The molecule has 0 fully saturated rings. The van der Waals surface area contributed by atoms with E-state index in [-0.39, 0.29) is 28.6 Å². The molecule has 0 heterocycles. The second-order valence-corrected chi connectivity index (χ2v) is 5.74. The fourth-order valence-electron chi connectivity index (χ4n) is 2.75. The molecule has 0 amide bonds. The summed E-state index contributed by atoms with van der Waals surface area (Å²) < 4.78 is 0. The molecule has 0 spiro atoms. The van der Waals surface area contributed by atoms with Crippen LogP contribution in [-0.4, -0.2) is 17.3 Å². The van der Waals surface area contributed by atoms with Crippen molar-refractivity contribution in [2.45, 2.75) is 13.8 Å². The van der Waals surface area contributed by atoms with Gasteiger partial charge >= 0.3 is 0 Å². The minimum Gasteiger partial charge on any atom is -0.506 e. The van der Waals surface area contributed by atoms with Crippen LogP contribution in [0.1, 0.15) is 11.1 Å². The van der Waals surface area contributed by atoms with Crippen LogP contribution in [0.25, 0.3) is 10.8 Å². The van der Waals surface area contributed by atoms with Gasteiger partial charge in [0.05, 0.1) is 5.69 Å². The Morgan fingerprint density at radius 2 is 1.62 bits per heavy atom. The van der Waals surface area contributed by atoms with E-state index < -0.39 is 0 Å². The van der Waals surface area contributed by atoms with Crippen LogP contribution in [0.3, 0.4) is 0 Å². The number of hydrogen-bond acceptors (Lipinski definition) is 6. The molecule has 3 rings (SSSR count). The van der Waals surface area contributed by atoms with Crippen molar-refractivity contribution in [3.05, 3.63) is 53.6 Å². The Kier molecular flexibility index (Phi) is 6.08. The summed E-state index contributed by atoms with van der Waals surface area (Å²) in [6, 6.07) is 12.5. The molecule has 1 radical (unpaired) electrons. The van der Waals surface area contributed by atoms with Crippen LogP contribution in [-0.2, 0) is 17.1 Å². The first-order valence-corrected chi connectivity index (χ1v) is 7.77. The van der Waals surface area contributed by atoms with Crippen LogP contribution in [0.2, 0.25) is 0 Å². The quantitative estimate of drug-likeness (QED) is 0.419. The molecule has 0 saturated heterocycles. The van der Waals surface area contributed by atoms with E-state index in [1.54, 1.807) is 19.2 Å². The third kappa shape index (κ3) is 3.74. The number of fused-ring (bicyclic) bond motifs is 1. The first-order chi connectivity index (χ1) is 12.0. The predicted octanol–water partition coefficient (Wildman–Crippen LogP) is 5.99. The molecule has 6 nitrogen and oxygen atoms in total. The molecule has 0 atom stereocenters. The van der Waals surface area contributed by atoms with Gasteiger partial charge in [-0.3, -0.25) is 0 Å². The summed E-state index contributed by atoms with van der Waals surface area (Å²) in [7, 11) is 1.55. The van der Waals surface area contributed by atoms with Crippen molar-refractivity contribution in [1.82, 2.24) is 0 Å². The number of aryl methyl sites for hydroxylation is 2. The van der Waals surface area contributed by atoms with E-state index in [9.17, 15) is 10.2 Å². The molecule has 2 N–H and O–H groups in total. The average Bonchev–Trinajstić information content (AvgIpc) is 2.56. The summed E-state index contributed by atoms with van der Waals surface area (Å²) in [4.78, 5) is 0. The maximum absolute atomic E-state index is 10.6. The number of rotatable bonds is 3.